The van der Waals surface area contributed by atoms with E-state index in [-0.39, 0.29) is 43.6 Å². The Morgan fingerprint density at radius 2 is 1.83 bits per heavy atom. The fourth-order valence-electron chi connectivity index (χ4n) is 3.04. The molecule has 2 aliphatic rings. The average molecular weight is 320 g/mol. The van der Waals surface area contributed by atoms with Crippen molar-refractivity contribution < 1.29 is 18.3 Å². The predicted molar refractivity (Wildman–Crippen MR) is 79.1 cm³/mol. The number of hydrogen-bond donors (Lipinski definition) is 0. The number of rotatable bonds is 3. The Balaban J connectivity index is 1.45. The maximum atomic E-state index is 13.1. The largest absolute Gasteiger partial charge is 0.487 e. The summed E-state index contributed by atoms with van der Waals surface area (Å²) >= 11 is 0. The van der Waals surface area contributed by atoms with Gasteiger partial charge in [-0.2, -0.15) is 5.26 Å². The predicted octanol–water partition coefficient (Wildman–Crippen LogP) is 2.97. The van der Waals surface area contributed by atoms with Crippen molar-refractivity contribution in [2.24, 2.45) is 5.92 Å². The highest BCUT2D eigenvalue weighted by Crippen LogP contribution is 2.37. The van der Waals surface area contributed by atoms with Crippen LogP contribution in [0.2, 0.25) is 0 Å². The highest BCUT2D eigenvalue weighted by molar-refractivity contribution is 5.79. The SMILES string of the molecule is N#Cc1ccc(OC2CN(C(=O)C3CCC(F)(F)CC3)C2)cc1. The van der Waals surface area contributed by atoms with Crippen LogP contribution < -0.4 is 4.74 Å². The lowest BCUT2D eigenvalue weighted by Crippen LogP contribution is -2.58. The van der Waals surface area contributed by atoms with Crippen LogP contribution in [0.25, 0.3) is 0 Å². The summed E-state index contributed by atoms with van der Waals surface area (Å²) in [6.07, 6.45) is 0.0783. The van der Waals surface area contributed by atoms with Crippen molar-refractivity contribution in [3.63, 3.8) is 0 Å². The minimum Gasteiger partial charge on any atom is -0.487 e. The van der Waals surface area contributed by atoms with Crippen LogP contribution in [0.1, 0.15) is 31.2 Å². The molecule has 1 heterocycles. The number of hydrogen-bond acceptors (Lipinski definition) is 3. The molecule has 1 aromatic carbocycles. The molecule has 3 rings (SSSR count). The summed E-state index contributed by atoms with van der Waals surface area (Å²) < 4.78 is 32.0. The Morgan fingerprint density at radius 3 is 2.39 bits per heavy atom. The van der Waals surface area contributed by atoms with Gasteiger partial charge in [0.1, 0.15) is 11.9 Å². The first-order chi connectivity index (χ1) is 11.0. The van der Waals surface area contributed by atoms with Gasteiger partial charge in [-0.15, -0.1) is 0 Å². The fourth-order valence-corrected chi connectivity index (χ4v) is 3.04. The smallest absolute Gasteiger partial charge is 0.248 e. The molecule has 6 heteroatoms. The lowest BCUT2D eigenvalue weighted by molar-refractivity contribution is -0.148. The van der Waals surface area contributed by atoms with Crippen molar-refractivity contribution in [1.82, 2.24) is 4.90 Å². The van der Waals surface area contributed by atoms with E-state index in [0.717, 1.165) is 0 Å². The molecule has 1 aliphatic heterocycles. The van der Waals surface area contributed by atoms with E-state index < -0.39 is 5.92 Å². The molecule has 1 aromatic rings. The van der Waals surface area contributed by atoms with Gasteiger partial charge in [0.25, 0.3) is 0 Å². The minimum atomic E-state index is -2.60. The molecule has 2 fully saturated rings. The first kappa shape index (κ1) is 15.7. The maximum absolute atomic E-state index is 13.1. The van der Waals surface area contributed by atoms with Crippen LogP contribution in [0.3, 0.4) is 0 Å². The summed E-state index contributed by atoms with van der Waals surface area (Å²) in [5, 5.41) is 8.74. The third-order valence-corrected chi connectivity index (χ3v) is 4.51. The van der Waals surface area contributed by atoms with Gasteiger partial charge >= 0.3 is 0 Å². The van der Waals surface area contributed by atoms with E-state index in [2.05, 4.69) is 0 Å². The molecule has 0 radical (unpaired) electrons. The number of likely N-dealkylation sites (tertiary alicyclic amines) is 1. The molecule has 0 N–H and O–H groups in total. The average Bonchev–Trinajstić information content (AvgIpc) is 2.50. The van der Waals surface area contributed by atoms with Crippen molar-refractivity contribution in [3.8, 4) is 11.8 Å². The van der Waals surface area contributed by atoms with Gasteiger partial charge in [0, 0.05) is 18.8 Å². The van der Waals surface area contributed by atoms with Crippen molar-refractivity contribution >= 4 is 5.91 Å². The second-order valence-corrected chi connectivity index (χ2v) is 6.25. The molecular weight excluding hydrogens is 302 g/mol. The third kappa shape index (κ3) is 3.61. The monoisotopic (exact) mass is 320 g/mol. The number of carbonyl (C=O) groups excluding carboxylic acids is 1. The molecule has 0 unspecified atom stereocenters. The summed E-state index contributed by atoms with van der Waals surface area (Å²) in [4.78, 5) is 13.9. The number of ether oxygens (including phenoxy) is 1. The summed E-state index contributed by atoms with van der Waals surface area (Å²) in [5.74, 6) is -2.24. The lowest BCUT2D eigenvalue weighted by Gasteiger charge is -2.41. The van der Waals surface area contributed by atoms with Gasteiger partial charge in [-0.05, 0) is 37.1 Å². The molecule has 122 valence electrons. The maximum Gasteiger partial charge on any atom is 0.248 e. The van der Waals surface area contributed by atoms with Crippen molar-refractivity contribution in [1.29, 1.82) is 5.26 Å². The zero-order valence-electron chi connectivity index (χ0n) is 12.7. The van der Waals surface area contributed by atoms with E-state index in [9.17, 15) is 13.6 Å². The Hall–Kier alpha value is -2.16. The topological polar surface area (TPSA) is 53.3 Å². The van der Waals surface area contributed by atoms with Gasteiger partial charge in [-0.1, -0.05) is 0 Å². The number of carbonyl (C=O) groups is 1. The van der Waals surface area contributed by atoms with Gasteiger partial charge in [0.2, 0.25) is 11.8 Å². The summed E-state index contributed by atoms with van der Waals surface area (Å²) in [5.41, 5.74) is 0.567. The fraction of sp³-hybridized carbons (Fsp3) is 0.529. The number of benzene rings is 1. The quantitative estimate of drug-likeness (QED) is 0.860. The second-order valence-electron chi connectivity index (χ2n) is 6.25. The normalized spacial score (nSPS) is 21.3. The Labute approximate surface area is 133 Å². The van der Waals surface area contributed by atoms with E-state index in [1.165, 1.54) is 0 Å². The molecule has 1 saturated heterocycles. The van der Waals surface area contributed by atoms with E-state index in [1.54, 1.807) is 29.2 Å². The highest BCUT2D eigenvalue weighted by atomic mass is 19.3. The second kappa shape index (κ2) is 6.15. The van der Waals surface area contributed by atoms with Crippen LogP contribution in [-0.4, -0.2) is 35.9 Å². The van der Waals surface area contributed by atoms with Crippen LogP contribution >= 0.6 is 0 Å². The first-order valence-corrected chi connectivity index (χ1v) is 7.80. The number of nitrogens with zero attached hydrogens (tertiary/aromatic N) is 2. The summed E-state index contributed by atoms with van der Waals surface area (Å²) in [6.45, 7) is 0.984. The molecule has 4 nitrogen and oxygen atoms in total. The highest BCUT2D eigenvalue weighted by Gasteiger charge is 2.41. The van der Waals surface area contributed by atoms with Crippen LogP contribution in [0.15, 0.2) is 24.3 Å². The van der Waals surface area contributed by atoms with Gasteiger partial charge in [-0.3, -0.25) is 4.79 Å². The van der Waals surface area contributed by atoms with Crippen molar-refractivity contribution in [2.45, 2.75) is 37.7 Å². The van der Waals surface area contributed by atoms with Crippen LogP contribution in [0, 0.1) is 17.2 Å². The molecular formula is C17H18F2N2O2. The van der Waals surface area contributed by atoms with Gasteiger partial charge in [0.05, 0.1) is 24.7 Å². The zero-order chi connectivity index (χ0) is 16.4. The van der Waals surface area contributed by atoms with Gasteiger partial charge in [0.15, 0.2) is 0 Å². The van der Waals surface area contributed by atoms with Crippen LogP contribution in [0.4, 0.5) is 8.78 Å². The Bertz CT molecular complexity index is 608. The molecule has 0 spiro atoms. The molecule has 0 bridgehead atoms. The molecule has 0 atom stereocenters. The van der Waals surface area contributed by atoms with Crippen molar-refractivity contribution in [2.75, 3.05) is 13.1 Å². The van der Waals surface area contributed by atoms with Crippen molar-refractivity contribution in [3.05, 3.63) is 29.8 Å². The van der Waals surface area contributed by atoms with Crippen LogP contribution in [0.5, 0.6) is 5.75 Å². The summed E-state index contributed by atoms with van der Waals surface area (Å²) in [7, 11) is 0. The van der Waals surface area contributed by atoms with Gasteiger partial charge in [-0.25, -0.2) is 8.78 Å². The number of halogens is 2. The number of amides is 1. The lowest BCUT2D eigenvalue weighted by atomic mass is 9.85. The van der Waals surface area contributed by atoms with Crippen LogP contribution in [-0.2, 0) is 4.79 Å². The number of alkyl halides is 2. The molecule has 23 heavy (non-hydrogen) atoms. The molecule has 1 saturated carbocycles. The van der Waals surface area contributed by atoms with E-state index in [4.69, 9.17) is 10.00 Å². The Morgan fingerprint density at radius 1 is 1.22 bits per heavy atom. The standard InChI is InChI=1S/C17H18F2N2O2/c18-17(19)7-5-13(6-8-17)16(22)21-10-15(11-21)23-14-3-1-12(9-20)2-4-14/h1-4,13,15H,5-8,10-11H2. The number of nitriles is 1. The molecule has 0 aromatic heterocycles. The molecule has 1 amide bonds. The zero-order valence-corrected chi connectivity index (χ0v) is 12.7. The Kier molecular flexibility index (Phi) is 4.20. The van der Waals surface area contributed by atoms with E-state index >= 15 is 0 Å². The van der Waals surface area contributed by atoms with Gasteiger partial charge < -0.3 is 9.64 Å². The third-order valence-electron chi connectivity index (χ3n) is 4.51. The summed E-state index contributed by atoms with van der Waals surface area (Å²) in [6, 6.07) is 8.85. The van der Waals surface area contributed by atoms with E-state index in [0.29, 0.717) is 24.4 Å². The van der Waals surface area contributed by atoms with E-state index in [1.807, 2.05) is 6.07 Å². The first-order valence-electron chi connectivity index (χ1n) is 7.80. The molecule has 1 aliphatic carbocycles. The minimum absolute atomic E-state index is 0.0276.